The number of hydrogen-bond acceptors (Lipinski definition) is 2. The zero-order chi connectivity index (χ0) is 9.35. The summed E-state index contributed by atoms with van der Waals surface area (Å²) < 4.78 is 0. The zero-order valence-corrected chi connectivity index (χ0v) is 8.42. The summed E-state index contributed by atoms with van der Waals surface area (Å²) in [5, 5.41) is 0. The van der Waals surface area contributed by atoms with Crippen LogP contribution in [0.2, 0.25) is 0 Å². The second-order valence-corrected chi connectivity index (χ2v) is 3.87. The maximum absolute atomic E-state index is 11.8. The van der Waals surface area contributed by atoms with Gasteiger partial charge in [-0.05, 0) is 27.8 Å². The van der Waals surface area contributed by atoms with Crippen LogP contribution in [0.4, 0.5) is 0 Å². The minimum atomic E-state index is -0.311. The molecule has 1 rings (SSSR count). The average molecular weight is 170 g/mol. The molecule has 1 saturated heterocycles. The fourth-order valence-electron chi connectivity index (χ4n) is 1.50. The monoisotopic (exact) mass is 170 g/mol. The molecule has 0 N–H and O–H groups in total. The molecule has 1 amide bonds. The first-order chi connectivity index (χ1) is 5.50. The molecular weight excluding hydrogens is 152 g/mol. The van der Waals surface area contributed by atoms with Gasteiger partial charge < -0.3 is 4.90 Å². The first-order valence-electron chi connectivity index (χ1n) is 4.50. The molecule has 1 heterocycles. The van der Waals surface area contributed by atoms with Gasteiger partial charge in [-0.3, -0.25) is 9.69 Å². The van der Waals surface area contributed by atoms with Crippen molar-refractivity contribution in [3.8, 4) is 0 Å². The molecule has 0 radical (unpaired) electrons. The lowest BCUT2D eigenvalue weighted by atomic mass is 9.98. The number of rotatable bonds is 1. The van der Waals surface area contributed by atoms with Gasteiger partial charge in [-0.15, -0.1) is 0 Å². The van der Waals surface area contributed by atoms with E-state index in [1.54, 1.807) is 0 Å². The minimum Gasteiger partial charge on any atom is -0.340 e. The molecule has 12 heavy (non-hydrogen) atoms. The number of nitrogens with zero attached hydrogens (tertiary/aromatic N) is 2. The molecule has 0 aliphatic carbocycles. The van der Waals surface area contributed by atoms with Crippen molar-refractivity contribution < 1.29 is 4.79 Å². The summed E-state index contributed by atoms with van der Waals surface area (Å²) in [4.78, 5) is 15.8. The van der Waals surface area contributed by atoms with Crippen molar-refractivity contribution in [1.29, 1.82) is 0 Å². The third-order valence-electron chi connectivity index (χ3n) is 2.85. The van der Waals surface area contributed by atoms with Crippen molar-refractivity contribution in [2.24, 2.45) is 0 Å². The van der Waals surface area contributed by atoms with E-state index in [0.29, 0.717) is 0 Å². The summed E-state index contributed by atoms with van der Waals surface area (Å²) in [5.74, 6) is 0.249. The van der Waals surface area contributed by atoms with Crippen LogP contribution >= 0.6 is 0 Å². The smallest absolute Gasteiger partial charge is 0.242 e. The average Bonchev–Trinajstić information content (AvgIpc) is 2.02. The highest BCUT2D eigenvalue weighted by Crippen LogP contribution is 2.19. The largest absolute Gasteiger partial charge is 0.340 e. The summed E-state index contributed by atoms with van der Waals surface area (Å²) in [6, 6.07) is 0. The van der Waals surface area contributed by atoms with E-state index in [9.17, 15) is 4.79 Å². The van der Waals surface area contributed by atoms with Crippen molar-refractivity contribution >= 4 is 5.91 Å². The minimum absolute atomic E-state index is 0.249. The Kier molecular flexibility index (Phi) is 2.42. The normalized spacial score (nSPS) is 24.7. The van der Waals surface area contributed by atoms with Crippen LogP contribution in [0, 0.1) is 0 Å². The van der Waals surface area contributed by atoms with Gasteiger partial charge in [0.05, 0.1) is 5.54 Å². The molecule has 3 heteroatoms. The summed E-state index contributed by atoms with van der Waals surface area (Å²) in [7, 11) is 2.00. The van der Waals surface area contributed by atoms with Crippen LogP contribution in [0.1, 0.15) is 20.8 Å². The van der Waals surface area contributed by atoms with E-state index in [-0.39, 0.29) is 11.4 Å². The fourth-order valence-corrected chi connectivity index (χ4v) is 1.50. The van der Waals surface area contributed by atoms with Crippen molar-refractivity contribution in [3.05, 3.63) is 0 Å². The maximum atomic E-state index is 11.8. The number of carbonyl (C=O) groups is 1. The third-order valence-corrected chi connectivity index (χ3v) is 2.85. The number of amides is 1. The lowest BCUT2D eigenvalue weighted by Gasteiger charge is -2.43. The quantitative estimate of drug-likeness (QED) is 0.574. The molecule has 0 saturated carbocycles. The highest BCUT2D eigenvalue weighted by atomic mass is 16.2. The van der Waals surface area contributed by atoms with E-state index in [4.69, 9.17) is 0 Å². The lowest BCUT2D eigenvalue weighted by molar-refractivity contribution is -0.147. The van der Waals surface area contributed by atoms with E-state index >= 15 is 0 Å². The molecule has 1 aliphatic heterocycles. The van der Waals surface area contributed by atoms with Gasteiger partial charge in [0.15, 0.2) is 0 Å². The van der Waals surface area contributed by atoms with Crippen molar-refractivity contribution in [3.63, 3.8) is 0 Å². The number of likely N-dealkylation sites (N-methyl/N-ethyl adjacent to an activating group) is 2. The topological polar surface area (TPSA) is 23.6 Å². The van der Waals surface area contributed by atoms with E-state index in [2.05, 4.69) is 4.90 Å². The Morgan fingerprint density at radius 1 is 1.42 bits per heavy atom. The Morgan fingerprint density at radius 2 is 2.00 bits per heavy atom. The Labute approximate surface area is 74.3 Å². The molecule has 0 spiro atoms. The molecule has 1 aliphatic rings. The van der Waals surface area contributed by atoms with Gasteiger partial charge in [-0.1, -0.05) is 0 Å². The lowest BCUT2D eigenvalue weighted by Crippen LogP contribution is -2.61. The molecule has 0 aromatic heterocycles. The Morgan fingerprint density at radius 3 is 2.50 bits per heavy atom. The third kappa shape index (κ3) is 1.33. The summed E-state index contributed by atoms with van der Waals surface area (Å²) in [5.41, 5.74) is -0.311. The van der Waals surface area contributed by atoms with Crippen molar-refractivity contribution in [2.45, 2.75) is 26.3 Å². The van der Waals surface area contributed by atoms with Crippen LogP contribution in [-0.4, -0.2) is 47.9 Å². The van der Waals surface area contributed by atoms with Gasteiger partial charge in [0.1, 0.15) is 0 Å². The fraction of sp³-hybridized carbons (Fsp3) is 0.889. The molecule has 0 bridgehead atoms. The molecule has 0 unspecified atom stereocenters. The number of carbonyl (C=O) groups excluding carboxylic acids is 1. The zero-order valence-electron chi connectivity index (χ0n) is 8.42. The van der Waals surface area contributed by atoms with Crippen LogP contribution < -0.4 is 0 Å². The second-order valence-electron chi connectivity index (χ2n) is 3.87. The molecule has 0 atom stereocenters. The van der Waals surface area contributed by atoms with E-state index < -0.39 is 0 Å². The first kappa shape index (κ1) is 9.52. The highest BCUT2D eigenvalue weighted by Gasteiger charge is 2.38. The number of piperazine rings is 1. The van der Waals surface area contributed by atoms with Crippen molar-refractivity contribution in [2.75, 3.05) is 26.7 Å². The molecular formula is C9H18N2O. The van der Waals surface area contributed by atoms with Crippen LogP contribution in [-0.2, 0) is 4.79 Å². The van der Waals surface area contributed by atoms with Gasteiger partial charge in [0.2, 0.25) is 5.91 Å². The summed E-state index contributed by atoms with van der Waals surface area (Å²) in [6.07, 6.45) is 0. The van der Waals surface area contributed by atoms with E-state index in [1.165, 1.54) is 0 Å². The summed E-state index contributed by atoms with van der Waals surface area (Å²) >= 11 is 0. The predicted molar refractivity (Wildman–Crippen MR) is 49.0 cm³/mol. The Balaban J connectivity index is 2.78. The molecule has 0 aromatic carbocycles. The van der Waals surface area contributed by atoms with Gasteiger partial charge in [0, 0.05) is 19.6 Å². The molecule has 3 nitrogen and oxygen atoms in total. The Hall–Kier alpha value is -0.570. The molecule has 70 valence electrons. The molecule has 0 aromatic rings. The predicted octanol–water partition coefficient (Wildman–Crippen LogP) is 0.559. The van der Waals surface area contributed by atoms with Gasteiger partial charge >= 0.3 is 0 Å². The van der Waals surface area contributed by atoms with E-state index in [0.717, 1.165) is 19.6 Å². The van der Waals surface area contributed by atoms with Gasteiger partial charge in [-0.2, -0.15) is 0 Å². The van der Waals surface area contributed by atoms with Gasteiger partial charge in [-0.25, -0.2) is 0 Å². The SMILES string of the molecule is CCN1CCN(C)C(C)(C)C1=O. The molecule has 1 fully saturated rings. The highest BCUT2D eigenvalue weighted by molar-refractivity contribution is 5.86. The van der Waals surface area contributed by atoms with Crippen LogP contribution in [0.25, 0.3) is 0 Å². The maximum Gasteiger partial charge on any atom is 0.242 e. The van der Waals surface area contributed by atoms with Crippen LogP contribution in [0.5, 0.6) is 0 Å². The van der Waals surface area contributed by atoms with Gasteiger partial charge in [0.25, 0.3) is 0 Å². The first-order valence-corrected chi connectivity index (χ1v) is 4.50. The second kappa shape index (κ2) is 3.05. The van der Waals surface area contributed by atoms with E-state index in [1.807, 2.05) is 32.7 Å². The van der Waals surface area contributed by atoms with Crippen molar-refractivity contribution in [1.82, 2.24) is 9.80 Å². The standard InChI is InChI=1S/C9H18N2O/c1-5-11-7-6-10(4)9(2,3)8(11)12/h5-7H2,1-4H3. The number of hydrogen-bond donors (Lipinski definition) is 0. The Bertz CT molecular complexity index is 189. The van der Waals surface area contributed by atoms with Crippen LogP contribution in [0.15, 0.2) is 0 Å². The summed E-state index contributed by atoms with van der Waals surface area (Å²) in [6.45, 7) is 8.67. The van der Waals surface area contributed by atoms with Crippen LogP contribution in [0.3, 0.4) is 0 Å².